The van der Waals surface area contributed by atoms with Crippen LogP contribution < -0.4 is 10.5 Å². The minimum absolute atomic E-state index is 0.0687. The molecule has 0 saturated carbocycles. The second kappa shape index (κ2) is 5.93. The van der Waals surface area contributed by atoms with Crippen LogP contribution in [0.2, 0.25) is 0 Å². The highest BCUT2D eigenvalue weighted by Gasteiger charge is 2.18. The maximum atomic E-state index is 5.84. The van der Waals surface area contributed by atoms with E-state index in [4.69, 9.17) is 14.9 Å². The highest BCUT2D eigenvalue weighted by Crippen LogP contribution is 2.37. The number of methoxy groups -OCH3 is 1. The van der Waals surface area contributed by atoms with Crippen molar-refractivity contribution in [3.8, 4) is 5.75 Å². The molecule has 0 bridgehead atoms. The fourth-order valence-corrected chi connectivity index (χ4v) is 2.64. The summed E-state index contributed by atoms with van der Waals surface area (Å²) in [4.78, 5) is 4.28. The first-order valence-electron chi connectivity index (χ1n) is 5.66. The third-order valence-electron chi connectivity index (χ3n) is 2.54. The Kier molecular flexibility index (Phi) is 4.28. The van der Waals surface area contributed by atoms with E-state index in [0.29, 0.717) is 11.8 Å². The van der Waals surface area contributed by atoms with Gasteiger partial charge in [-0.15, -0.1) is 0 Å². The lowest BCUT2D eigenvalue weighted by atomic mass is 10.1. The number of rotatable bonds is 5. The first kappa shape index (κ1) is 13.0. The molecule has 0 amide bonds. The maximum Gasteiger partial charge on any atom is 0.256 e. The Morgan fingerprint density at radius 2 is 2.22 bits per heavy atom. The standard InChI is InChI=1S/C13H16N2O2S/c1-9-8-17-13(15-9)18-12(7-14)10-5-3-4-6-11(10)16-2/h3-6,8,12H,7,14H2,1-2H3. The third-order valence-corrected chi connectivity index (χ3v) is 3.66. The molecule has 2 aromatic rings. The molecule has 1 atom stereocenters. The summed E-state index contributed by atoms with van der Waals surface area (Å²) in [5.41, 5.74) is 7.76. The second-order valence-corrected chi connectivity index (χ2v) is 4.99. The molecule has 2 rings (SSSR count). The predicted octanol–water partition coefficient (Wildman–Crippen LogP) is 2.78. The molecule has 1 aromatic carbocycles. The van der Waals surface area contributed by atoms with E-state index in [1.807, 2.05) is 31.2 Å². The summed E-state index contributed by atoms with van der Waals surface area (Å²) in [6.07, 6.45) is 1.64. The van der Waals surface area contributed by atoms with Crippen LogP contribution in [0.4, 0.5) is 0 Å². The highest BCUT2D eigenvalue weighted by atomic mass is 32.2. The minimum atomic E-state index is 0.0687. The van der Waals surface area contributed by atoms with Crippen LogP contribution in [0.25, 0.3) is 0 Å². The molecule has 0 saturated heterocycles. The number of ether oxygens (including phenoxy) is 1. The first-order valence-corrected chi connectivity index (χ1v) is 6.54. The van der Waals surface area contributed by atoms with Crippen molar-refractivity contribution in [3.05, 3.63) is 41.8 Å². The summed E-state index contributed by atoms with van der Waals surface area (Å²) >= 11 is 1.51. The number of oxazole rings is 1. The molecule has 96 valence electrons. The number of aryl methyl sites for hydroxylation is 1. The van der Waals surface area contributed by atoms with Gasteiger partial charge in [-0.2, -0.15) is 0 Å². The zero-order valence-corrected chi connectivity index (χ0v) is 11.2. The monoisotopic (exact) mass is 264 g/mol. The minimum Gasteiger partial charge on any atom is -0.496 e. The Hall–Kier alpha value is -1.46. The van der Waals surface area contributed by atoms with E-state index in [1.165, 1.54) is 11.8 Å². The van der Waals surface area contributed by atoms with Gasteiger partial charge in [0.15, 0.2) is 0 Å². The Morgan fingerprint density at radius 1 is 1.44 bits per heavy atom. The lowest BCUT2D eigenvalue weighted by molar-refractivity contribution is 0.409. The zero-order chi connectivity index (χ0) is 13.0. The Morgan fingerprint density at radius 3 is 2.83 bits per heavy atom. The summed E-state index contributed by atoms with van der Waals surface area (Å²) in [5.74, 6) is 0.837. The molecule has 1 aromatic heterocycles. The lowest BCUT2D eigenvalue weighted by Gasteiger charge is -2.15. The van der Waals surface area contributed by atoms with Gasteiger partial charge in [0, 0.05) is 12.1 Å². The van der Waals surface area contributed by atoms with Crippen molar-refractivity contribution in [2.24, 2.45) is 5.73 Å². The lowest BCUT2D eigenvalue weighted by Crippen LogP contribution is -2.10. The highest BCUT2D eigenvalue weighted by molar-refractivity contribution is 7.99. The van der Waals surface area contributed by atoms with Gasteiger partial charge in [0.2, 0.25) is 0 Å². The summed E-state index contributed by atoms with van der Waals surface area (Å²) in [6.45, 7) is 2.39. The summed E-state index contributed by atoms with van der Waals surface area (Å²) in [5, 5.41) is 0.702. The number of para-hydroxylation sites is 1. The number of nitrogens with two attached hydrogens (primary N) is 1. The van der Waals surface area contributed by atoms with Gasteiger partial charge in [-0.25, -0.2) is 4.98 Å². The molecule has 0 fully saturated rings. The van der Waals surface area contributed by atoms with Crippen LogP contribution in [0.15, 0.2) is 40.2 Å². The molecule has 5 heteroatoms. The molecule has 0 spiro atoms. The molecule has 0 radical (unpaired) electrons. The van der Waals surface area contributed by atoms with E-state index in [0.717, 1.165) is 17.0 Å². The predicted molar refractivity (Wildman–Crippen MR) is 71.9 cm³/mol. The van der Waals surface area contributed by atoms with Gasteiger partial charge in [0.05, 0.1) is 18.1 Å². The molecule has 4 nitrogen and oxygen atoms in total. The van der Waals surface area contributed by atoms with Crippen LogP contribution in [0.5, 0.6) is 5.75 Å². The average molecular weight is 264 g/mol. The van der Waals surface area contributed by atoms with Crippen LogP contribution in [0, 0.1) is 6.92 Å². The zero-order valence-electron chi connectivity index (χ0n) is 10.4. The van der Waals surface area contributed by atoms with Gasteiger partial charge in [0.1, 0.15) is 12.0 Å². The number of benzene rings is 1. The van der Waals surface area contributed by atoms with Crippen molar-refractivity contribution >= 4 is 11.8 Å². The summed E-state index contributed by atoms with van der Waals surface area (Å²) < 4.78 is 10.7. The Labute approximate surface area is 111 Å². The van der Waals surface area contributed by atoms with Crippen molar-refractivity contribution < 1.29 is 9.15 Å². The number of thioether (sulfide) groups is 1. The van der Waals surface area contributed by atoms with Crippen molar-refractivity contribution in [1.29, 1.82) is 0 Å². The van der Waals surface area contributed by atoms with E-state index in [-0.39, 0.29) is 5.25 Å². The molecule has 18 heavy (non-hydrogen) atoms. The van der Waals surface area contributed by atoms with E-state index in [9.17, 15) is 0 Å². The van der Waals surface area contributed by atoms with Gasteiger partial charge in [0.25, 0.3) is 5.22 Å². The van der Waals surface area contributed by atoms with Crippen molar-refractivity contribution in [1.82, 2.24) is 4.98 Å². The third kappa shape index (κ3) is 2.86. The fourth-order valence-electron chi connectivity index (χ4n) is 1.68. The van der Waals surface area contributed by atoms with E-state index < -0.39 is 0 Å². The normalized spacial score (nSPS) is 12.4. The Bertz CT molecular complexity index is 513. The van der Waals surface area contributed by atoms with E-state index in [1.54, 1.807) is 13.4 Å². The second-order valence-electron chi connectivity index (χ2n) is 3.84. The molecular weight excluding hydrogens is 248 g/mol. The van der Waals surface area contributed by atoms with Gasteiger partial charge in [-0.3, -0.25) is 0 Å². The molecule has 1 unspecified atom stereocenters. The SMILES string of the molecule is COc1ccccc1C(CN)Sc1nc(C)co1. The van der Waals surface area contributed by atoms with Crippen LogP contribution in [-0.2, 0) is 0 Å². The van der Waals surface area contributed by atoms with Crippen LogP contribution in [0.1, 0.15) is 16.5 Å². The largest absolute Gasteiger partial charge is 0.496 e. The number of aromatic nitrogens is 1. The maximum absolute atomic E-state index is 5.84. The molecule has 0 aliphatic heterocycles. The molecule has 0 aliphatic rings. The smallest absolute Gasteiger partial charge is 0.256 e. The summed E-state index contributed by atoms with van der Waals surface area (Å²) in [6, 6.07) is 7.86. The van der Waals surface area contributed by atoms with Crippen LogP contribution >= 0.6 is 11.8 Å². The van der Waals surface area contributed by atoms with E-state index >= 15 is 0 Å². The topological polar surface area (TPSA) is 61.3 Å². The quantitative estimate of drug-likeness (QED) is 0.841. The average Bonchev–Trinajstić information content (AvgIpc) is 2.81. The molecule has 2 N–H and O–H groups in total. The van der Waals surface area contributed by atoms with Crippen LogP contribution in [-0.4, -0.2) is 18.6 Å². The fraction of sp³-hybridized carbons (Fsp3) is 0.308. The molecular formula is C13H16N2O2S. The van der Waals surface area contributed by atoms with Crippen molar-refractivity contribution in [3.63, 3.8) is 0 Å². The van der Waals surface area contributed by atoms with Crippen molar-refractivity contribution in [2.75, 3.05) is 13.7 Å². The summed E-state index contributed by atoms with van der Waals surface area (Å²) in [7, 11) is 1.66. The molecule has 1 heterocycles. The van der Waals surface area contributed by atoms with Gasteiger partial charge in [-0.1, -0.05) is 30.0 Å². The number of hydrogen-bond donors (Lipinski definition) is 1. The van der Waals surface area contributed by atoms with Crippen LogP contribution in [0.3, 0.4) is 0 Å². The number of hydrogen-bond acceptors (Lipinski definition) is 5. The number of nitrogens with zero attached hydrogens (tertiary/aromatic N) is 1. The Balaban J connectivity index is 2.22. The van der Waals surface area contributed by atoms with Gasteiger partial charge < -0.3 is 14.9 Å². The molecule has 0 aliphatic carbocycles. The van der Waals surface area contributed by atoms with Crippen molar-refractivity contribution in [2.45, 2.75) is 17.4 Å². The van der Waals surface area contributed by atoms with Gasteiger partial charge in [-0.05, 0) is 13.0 Å². The van der Waals surface area contributed by atoms with E-state index in [2.05, 4.69) is 4.98 Å². The first-order chi connectivity index (χ1) is 8.74. The van der Waals surface area contributed by atoms with Gasteiger partial charge >= 0.3 is 0 Å².